The number of fused-ring (bicyclic) bond motifs is 5. The van der Waals surface area contributed by atoms with Gasteiger partial charge in [-0.05, 0) is 23.6 Å². The molecule has 4 aromatic rings. The number of halogens is 1. The molecule has 0 amide bonds. The average molecular weight is 726 g/mol. The zero-order valence-corrected chi connectivity index (χ0v) is 27.3. The summed E-state index contributed by atoms with van der Waals surface area (Å²) in [7, 11) is 1.54. The second kappa shape index (κ2) is 11.3. The van der Waals surface area contributed by atoms with Crippen molar-refractivity contribution in [1.82, 2.24) is 38.6 Å². The highest BCUT2D eigenvalue weighted by Crippen LogP contribution is 2.63. The number of thiol groups is 2. The predicted molar refractivity (Wildman–Crippen MR) is 164 cm³/mol. The molecule has 1 saturated carbocycles. The first kappa shape index (κ1) is 31.0. The summed E-state index contributed by atoms with van der Waals surface area (Å²) in [5.74, 6) is 0.0884. The van der Waals surface area contributed by atoms with Gasteiger partial charge in [-0.3, -0.25) is 9.36 Å². The van der Waals surface area contributed by atoms with Crippen molar-refractivity contribution in [2.24, 2.45) is 7.05 Å². The number of aromatic nitrogens is 8. The standard InChI is InChI=1S/C20H22FN9O8P2S4/c1-28-4-27-17-11(18(28)32)26-5-29(17)7-2-8-12(31)13(7)36-40(43,44)38-34-20-14(37-39(41,42)35-8)9(21)19(33-20)30-6-25-10-15(22)23-3-24-16(10)30/h3-9,12-14,19-20,31H,2H2,1H3,(H,41,42)(H,43,44)(H2,22,23,24)/t7-,8+,9-,12-,13+,14+,19-,20-/m1/s1. The largest absolute Gasteiger partial charge is 0.388 e. The molecule has 0 radical (unpaired) electrons. The van der Waals surface area contributed by atoms with Crippen LogP contribution in [-0.2, 0) is 58.5 Å². The van der Waals surface area contributed by atoms with Crippen LogP contribution in [0.15, 0.2) is 30.1 Å². The van der Waals surface area contributed by atoms with Crippen molar-refractivity contribution >= 4 is 87.6 Å². The van der Waals surface area contributed by atoms with Gasteiger partial charge in [0.2, 0.25) is 12.0 Å². The lowest BCUT2D eigenvalue weighted by molar-refractivity contribution is -0.330. The lowest BCUT2D eigenvalue weighted by Gasteiger charge is -2.31. The molecule has 2 aliphatic heterocycles. The molecule has 0 spiro atoms. The van der Waals surface area contributed by atoms with Crippen molar-refractivity contribution in [1.29, 1.82) is 0 Å². The van der Waals surface area contributed by atoms with Gasteiger partial charge in [-0.25, -0.2) is 29.3 Å². The SMILES string of the molecule is Cn1cnc2c(ncn2[C@@H]2C[C@@H]3OP(=S)(S)O[C@@H]4[C@@H](OOP(=S)(S)O[C@@H]2[C@@H]3O)O[C@@H](n2cnc3c(N)ncnc32)[C@@H]4F)c1=O. The van der Waals surface area contributed by atoms with Crippen LogP contribution in [0.1, 0.15) is 18.7 Å². The summed E-state index contributed by atoms with van der Waals surface area (Å²) in [6.45, 7) is 0. The molecule has 10 atom stereocenters. The van der Waals surface area contributed by atoms with Gasteiger partial charge in [-0.15, -0.1) is 0 Å². The Morgan fingerprint density at radius 1 is 1.00 bits per heavy atom. The molecule has 2 unspecified atom stereocenters. The summed E-state index contributed by atoms with van der Waals surface area (Å²) in [5.41, 5.74) is -1.01. The number of nitrogens with two attached hydrogens (primary N) is 1. The van der Waals surface area contributed by atoms with Crippen LogP contribution in [0.2, 0.25) is 0 Å². The van der Waals surface area contributed by atoms with E-state index in [0.717, 1.165) is 0 Å². The topological polar surface area (TPSA) is 198 Å². The van der Waals surface area contributed by atoms with E-state index in [0.29, 0.717) is 0 Å². The fourth-order valence-electron chi connectivity index (χ4n) is 5.38. The van der Waals surface area contributed by atoms with E-state index in [1.165, 1.54) is 34.4 Å². The summed E-state index contributed by atoms with van der Waals surface area (Å²) in [6, 6.07) is -0.736. The van der Waals surface area contributed by atoms with Crippen molar-refractivity contribution < 1.29 is 37.4 Å². The molecule has 4 aromatic heterocycles. The van der Waals surface area contributed by atoms with Gasteiger partial charge in [-0.2, -0.15) is 9.56 Å². The van der Waals surface area contributed by atoms with E-state index in [9.17, 15) is 9.90 Å². The quantitative estimate of drug-likeness (QED) is 0.132. The smallest absolute Gasteiger partial charge is 0.281 e. The summed E-state index contributed by atoms with van der Waals surface area (Å²) in [5, 5.41) is 11.3. The number of nitrogen functional groups attached to an aromatic ring is 1. The third-order valence-electron chi connectivity index (χ3n) is 7.37. The first-order valence-electron chi connectivity index (χ1n) is 12.7. The Balaban J connectivity index is 1.22. The number of hydrogen-bond acceptors (Lipinski definition) is 16. The Kier molecular flexibility index (Phi) is 7.92. The van der Waals surface area contributed by atoms with E-state index >= 15 is 4.39 Å². The molecule has 2 bridgehead atoms. The lowest BCUT2D eigenvalue weighted by Crippen LogP contribution is -2.36. The van der Waals surface area contributed by atoms with Crippen LogP contribution in [0.4, 0.5) is 10.2 Å². The maximum atomic E-state index is 16.1. The predicted octanol–water partition coefficient (Wildman–Crippen LogP) is 1.48. The van der Waals surface area contributed by atoms with Gasteiger partial charge in [0, 0.05) is 13.5 Å². The van der Waals surface area contributed by atoms with Crippen molar-refractivity contribution in [2.75, 3.05) is 5.73 Å². The summed E-state index contributed by atoms with van der Waals surface area (Å²) in [4.78, 5) is 38.7. The second-order valence-corrected chi connectivity index (χ2v) is 20.4. The molecule has 3 fully saturated rings. The molecule has 3 aliphatic rings. The molecule has 3 N–H and O–H groups in total. The molecule has 6 heterocycles. The number of anilines is 1. The van der Waals surface area contributed by atoms with Crippen molar-refractivity contribution in [2.45, 2.75) is 55.6 Å². The van der Waals surface area contributed by atoms with Crippen LogP contribution >= 0.6 is 35.9 Å². The average Bonchev–Trinajstić information content (AvgIpc) is 3.72. The number of aliphatic hydroxyl groups excluding tert-OH is 1. The van der Waals surface area contributed by atoms with Crippen molar-refractivity contribution in [3.8, 4) is 0 Å². The van der Waals surface area contributed by atoms with Crippen molar-refractivity contribution in [3.05, 3.63) is 35.7 Å². The Morgan fingerprint density at radius 2 is 1.70 bits per heavy atom. The van der Waals surface area contributed by atoms with Gasteiger partial charge in [0.15, 0.2) is 41.1 Å². The normalized spacial score (nSPS) is 38.0. The van der Waals surface area contributed by atoms with Gasteiger partial charge in [0.1, 0.15) is 24.1 Å². The fraction of sp³-hybridized carbons (Fsp3) is 0.500. The Labute approximate surface area is 266 Å². The van der Waals surface area contributed by atoms with E-state index in [1.807, 2.05) is 0 Å². The van der Waals surface area contributed by atoms with Crippen LogP contribution in [0.5, 0.6) is 0 Å². The third-order valence-corrected chi connectivity index (χ3v) is 11.2. The minimum Gasteiger partial charge on any atom is -0.388 e. The van der Waals surface area contributed by atoms with Crippen LogP contribution < -0.4 is 11.3 Å². The molecule has 1 aliphatic carbocycles. The zero-order chi connectivity index (χ0) is 31.1. The lowest BCUT2D eigenvalue weighted by atomic mass is 10.2. The number of hydrogen-bond donors (Lipinski definition) is 4. The molecule has 44 heavy (non-hydrogen) atoms. The first-order chi connectivity index (χ1) is 20.8. The van der Waals surface area contributed by atoms with E-state index in [2.05, 4.69) is 49.4 Å². The number of nitrogens with zero attached hydrogens (tertiary/aromatic N) is 8. The number of alkyl halides is 1. The van der Waals surface area contributed by atoms with E-state index < -0.39 is 60.5 Å². The molecular formula is C20H22FN9O8P2S4. The molecule has 0 aromatic carbocycles. The van der Waals surface area contributed by atoms with Gasteiger partial charge in [0.25, 0.3) is 11.3 Å². The maximum absolute atomic E-state index is 16.1. The van der Waals surface area contributed by atoms with Crippen LogP contribution in [0, 0.1) is 0 Å². The molecular weight excluding hydrogens is 703 g/mol. The fourth-order valence-corrected chi connectivity index (χ4v) is 9.47. The van der Waals surface area contributed by atoms with E-state index in [-0.39, 0.29) is 40.1 Å². The van der Waals surface area contributed by atoms with E-state index in [4.69, 9.17) is 57.2 Å². The first-order valence-corrected chi connectivity index (χ1v) is 20.3. The minimum atomic E-state index is -3.65. The molecule has 7 rings (SSSR count). The summed E-state index contributed by atoms with van der Waals surface area (Å²) >= 11 is 19.8. The highest BCUT2D eigenvalue weighted by molar-refractivity contribution is 8.60. The summed E-state index contributed by atoms with van der Waals surface area (Å²) in [6.07, 6.45) is -4.69. The number of aryl methyl sites for hydroxylation is 1. The van der Waals surface area contributed by atoms with Crippen LogP contribution in [-0.4, -0.2) is 80.6 Å². The highest BCUT2D eigenvalue weighted by Gasteiger charge is 2.54. The van der Waals surface area contributed by atoms with Crippen LogP contribution in [0.3, 0.4) is 0 Å². The Morgan fingerprint density at radius 3 is 2.50 bits per heavy atom. The monoisotopic (exact) mass is 725 g/mol. The van der Waals surface area contributed by atoms with Gasteiger partial charge in [-0.1, -0.05) is 24.5 Å². The van der Waals surface area contributed by atoms with Gasteiger partial charge < -0.3 is 38.3 Å². The number of ether oxygens (including phenoxy) is 1. The molecule has 24 heteroatoms. The van der Waals surface area contributed by atoms with Crippen LogP contribution in [0.25, 0.3) is 22.3 Å². The maximum Gasteiger partial charge on any atom is 0.281 e. The number of aliphatic hydroxyl groups is 1. The third kappa shape index (κ3) is 5.32. The molecule has 236 valence electrons. The Bertz CT molecular complexity index is 1930. The van der Waals surface area contributed by atoms with E-state index in [1.54, 1.807) is 11.6 Å². The second-order valence-electron chi connectivity index (χ2n) is 10.1. The Hall–Kier alpha value is -1.65. The number of rotatable bonds is 2. The van der Waals surface area contributed by atoms with Gasteiger partial charge >= 0.3 is 0 Å². The minimum absolute atomic E-state index is 0.0644. The summed E-state index contributed by atoms with van der Waals surface area (Å²) < 4.78 is 49.5. The van der Waals surface area contributed by atoms with Crippen molar-refractivity contribution in [3.63, 3.8) is 0 Å². The molecule has 2 saturated heterocycles. The van der Waals surface area contributed by atoms with Gasteiger partial charge in [0.05, 0.1) is 31.1 Å². The zero-order valence-electron chi connectivity index (χ0n) is 22.1. The highest BCUT2D eigenvalue weighted by atomic mass is 32.9. The number of imidazole rings is 2. The molecule has 17 nitrogen and oxygen atoms in total.